The third-order valence-electron chi connectivity index (χ3n) is 12.4. The molecule has 5 rings (SSSR count). The number of cyclic esters (lactones) is 1. The summed E-state index contributed by atoms with van der Waals surface area (Å²) in [4.78, 5) is 67.7. The molecule has 0 spiro atoms. The van der Waals surface area contributed by atoms with Gasteiger partial charge in [-0.15, -0.1) is 5.10 Å². The van der Waals surface area contributed by atoms with Crippen LogP contribution in [0.15, 0.2) is 12.3 Å². The van der Waals surface area contributed by atoms with Crippen LogP contribution in [0.3, 0.4) is 0 Å². The van der Waals surface area contributed by atoms with Crippen LogP contribution in [0.25, 0.3) is 11.4 Å². The van der Waals surface area contributed by atoms with Gasteiger partial charge in [-0.3, -0.25) is 14.5 Å². The number of halogens is 1. The predicted molar refractivity (Wildman–Crippen MR) is 218 cm³/mol. The van der Waals surface area contributed by atoms with Crippen LogP contribution in [0.5, 0.6) is 0 Å². The van der Waals surface area contributed by atoms with Crippen molar-refractivity contribution in [1.29, 1.82) is 0 Å². The lowest BCUT2D eigenvalue weighted by atomic mass is 9.73. The average molecular weight is 858 g/mol. The second-order valence-electron chi connectivity index (χ2n) is 17.2. The Hall–Kier alpha value is -4.81. The van der Waals surface area contributed by atoms with Crippen LogP contribution < -0.4 is 11.5 Å². The number of likely N-dealkylation sites (N-methyl/N-ethyl adjacent to an activating group) is 1. The summed E-state index contributed by atoms with van der Waals surface area (Å²) in [5.41, 5.74) is 5.83. The van der Waals surface area contributed by atoms with Gasteiger partial charge in [0, 0.05) is 37.0 Å². The summed E-state index contributed by atoms with van der Waals surface area (Å²) in [7, 11) is 4.99. The average Bonchev–Trinajstić information content (AvgIpc) is 3.77. The van der Waals surface area contributed by atoms with Crippen LogP contribution in [-0.2, 0) is 44.6 Å². The highest BCUT2D eigenvalue weighted by atomic mass is 19.1. The van der Waals surface area contributed by atoms with E-state index in [2.05, 4.69) is 32.1 Å². The first kappa shape index (κ1) is 47.2. The van der Waals surface area contributed by atoms with Gasteiger partial charge in [0.05, 0.1) is 42.3 Å². The minimum absolute atomic E-state index is 0.0235. The van der Waals surface area contributed by atoms with Gasteiger partial charge >= 0.3 is 12.1 Å². The van der Waals surface area contributed by atoms with Gasteiger partial charge < -0.3 is 45.2 Å². The van der Waals surface area contributed by atoms with Crippen molar-refractivity contribution in [3.05, 3.63) is 12.3 Å². The first-order valence-corrected chi connectivity index (χ1v) is 20.4. The number of anilines is 2. The number of esters is 1. The van der Waals surface area contributed by atoms with Crippen molar-refractivity contribution in [3.8, 4) is 23.2 Å². The fraction of sp³-hybridized carbons (Fsp3) is 0.707. The van der Waals surface area contributed by atoms with Crippen LogP contribution in [0.2, 0.25) is 0 Å². The number of fused-ring (bicyclic) bond motifs is 1. The predicted octanol–water partition coefficient (Wildman–Crippen LogP) is 2.20. The highest BCUT2D eigenvalue weighted by Gasteiger charge is 2.61. The number of aliphatic hydroxyl groups excluding tert-OH is 1. The maximum Gasteiger partial charge on any atom is 0.411 e. The summed E-state index contributed by atoms with van der Waals surface area (Å²) in [6.45, 7) is 12.0. The molecule has 19 nitrogen and oxygen atoms in total. The minimum atomic E-state index is -3.22. The number of aliphatic hydroxyl groups is 1. The van der Waals surface area contributed by atoms with E-state index in [0.717, 1.165) is 6.92 Å². The molecule has 3 saturated heterocycles. The fourth-order valence-electron chi connectivity index (χ4n) is 9.03. The van der Waals surface area contributed by atoms with Crippen molar-refractivity contribution in [2.24, 2.45) is 17.8 Å². The third kappa shape index (κ3) is 9.50. The first-order chi connectivity index (χ1) is 28.5. The molecular formula is C41H60FN9O10. The molecule has 0 radical (unpaired) electrons. The van der Waals surface area contributed by atoms with E-state index in [1.807, 2.05) is 11.8 Å². The van der Waals surface area contributed by atoms with Crippen LogP contribution in [0, 0.1) is 29.6 Å². The Balaban J connectivity index is 1.49. The molecule has 2 aromatic heterocycles. The van der Waals surface area contributed by atoms with E-state index in [-0.39, 0.29) is 55.6 Å². The number of aromatic nitrogens is 5. The van der Waals surface area contributed by atoms with Crippen molar-refractivity contribution in [3.63, 3.8) is 0 Å². The Kier molecular flexibility index (Phi) is 14.1. The van der Waals surface area contributed by atoms with E-state index in [0.29, 0.717) is 17.8 Å². The van der Waals surface area contributed by atoms with Crippen molar-refractivity contribution >= 4 is 35.4 Å². The quantitative estimate of drug-likeness (QED) is 0.196. The fourth-order valence-corrected chi connectivity index (χ4v) is 9.03. The van der Waals surface area contributed by atoms with Gasteiger partial charge in [-0.05, 0) is 61.1 Å². The molecule has 3 fully saturated rings. The molecule has 0 aromatic carbocycles. The molecule has 0 aliphatic carbocycles. The number of amides is 1. The van der Waals surface area contributed by atoms with Crippen molar-refractivity contribution in [2.45, 2.75) is 141 Å². The van der Waals surface area contributed by atoms with E-state index >= 15 is 4.39 Å². The molecule has 2 unspecified atom stereocenters. The number of hydrogen-bond acceptors (Lipinski definition) is 17. The number of ether oxygens (including phenoxy) is 5. The number of nitrogen functional groups attached to an aromatic ring is 2. The summed E-state index contributed by atoms with van der Waals surface area (Å²) in [6, 6.07) is 0.0358. The first-order valence-electron chi connectivity index (χ1n) is 20.4. The van der Waals surface area contributed by atoms with Crippen LogP contribution in [0.1, 0.15) is 74.7 Å². The maximum absolute atomic E-state index is 16.9. The summed E-state index contributed by atoms with van der Waals surface area (Å²) >= 11 is 0. The SMILES string of the molecule is CC[C@H]1OC(=O)[C@@](C)(F)C(=O)[C@H](C)[C@@H](O[C@@H]2O[C@H](C)CC(N(C)C)C2O)[C@](C)(OC)C[C@@H](C)C(=O)[C@H](C)[C@H]2N(CC#CCn3cc(-c4cc(N)nc(N)n4)nn3)C(=O)O[C@]12C. The molecule has 20 heteroatoms. The van der Waals surface area contributed by atoms with Gasteiger partial charge in [-0.25, -0.2) is 23.6 Å². The largest absolute Gasteiger partial charge is 0.455 e. The Morgan fingerprint density at radius 3 is 2.33 bits per heavy atom. The Morgan fingerprint density at radius 1 is 1.03 bits per heavy atom. The number of hydrogen-bond donors (Lipinski definition) is 3. The molecule has 0 saturated carbocycles. The Labute approximate surface area is 355 Å². The number of carbonyl (C=O) groups excluding carboxylic acids is 4. The zero-order valence-corrected chi connectivity index (χ0v) is 36.7. The van der Waals surface area contributed by atoms with E-state index in [9.17, 15) is 24.3 Å². The van der Waals surface area contributed by atoms with E-state index in [1.165, 1.54) is 36.6 Å². The van der Waals surface area contributed by atoms with Gasteiger partial charge in [0.1, 0.15) is 36.0 Å². The zero-order valence-electron chi connectivity index (χ0n) is 36.7. The highest BCUT2D eigenvalue weighted by Crippen LogP contribution is 2.43. The van der Waals surface area contributed by atoms with Crippen LogP contribution in [0.4, 0.5) is 21.0 Å². The Morgan fingerprint density at radius 2 is 1.70 bits per heavy atom. The second kappa shape index (κ2) is 18.3. The lowest BCUT2D eigenvalue weighted by molar-refractivity contribution is -0.295. The highest BCUT2D eigenvalue weighted by molar-refractivity contribution is 6.08. The van der Waals surface area contributed by atoms with Crippen molar-refractivity contribution in [1.82, 2.24) is 34.8 Å². The molecule has 336 valence electrons. The normalized spacial score (nSPS) is 36.5. The van der Waals surface area contributed by atoms with Gasteiger partial charge in [-0.1, -0.05) is 44.7 Å². The molecule has 3 aliphatic heterocycles. The Bertz CT molecular complexity index is 2000. The topological polar surface area (TPSA) is 250 Å². The molecule has 2 aromatic rings. The van der Waals surface area contributed by atoms with Gasteiger partial charge in [0.25, 0.3) is 5.67 Å². The number of nitrogens with two attached hydrogens (primary N) is 2. The molecule has 5 N–H and O–H groups in total. The molecule has 13 atom stereocenters. The maximum atomic E-state index is 16.9. The number of carbonyl (C=O) groups is 4. The van der Waals surface area contributed by atoms with Crippen molar-refractivity contribution in [2.75, 3.05) is 39.2 Å². The number of nitrogens with zero attached hydrogens (tertiary/aromatic N) is 7. The molecule has 0 bridgehead atoms. The summed E-state index contributed by atoms with van der Waals surface area (Å²) in [5.74, 6) is -0.134. The molecule has 3 aliphatic rings. The van der Waals surface area contributed by atoms with E-state index in [1.54, 1.807) is 48.0 Å². The zero-order chi connectivity index (χ0) is 45.4. The van der Waals surface area contributed by atoms with Crippen LogP contribution >= 0.6 is 0 Å². The monoisotopic (exact) mass is 857 g/mol. The lowest BCUT2D eigenvalue weighted by Crippen LogP contribution is -2.61. The second-order valence-corrected chi connectivity index (χ2v) is 17.2. The van der Waals surface area contributed by atoms with Crippen molar-refractivity contribution < 1.29 is 52.4 Å². The summed E-state index contributed by atoms with van der Waals surface area (Å²) in [5, 5.41) is 19.6. The number of Topliss-reactive ketones (excluding diaryl/α,β-unsaturated/α-hetero) is 2. The standard InChI is InChI=1S/C41H60FN9O10/c1-12-28-41(8)32(51(38(56)61-41)16-14-13-15-50-20-26(47-48-50)25-18-29(43)46-37(44)45-25)23(4)30(52)21(2)19-39(6,57-11)34(24(5)33(54)40(7,42)36(55)59-28)60-35-31(53)27(49(9)10)17-22(3)58-35/h18,20-24,27-28,31-32,34-35,53H,12,15-17,19H2,1-11H3,(H4,43,44,45,46)/t21-,22-,23+,24+,27?,28-,31?,32-,34-,35+,39-,40+,41-/m1/s1. The number of methoxy groups -OCH3 is 1. The molecular weight excluding hydrogens is 798 g/mol. The number of ketones is 2. The summed E-state index contributed by atoms with van der Waals surface area (Å²) in [6.07, 6.45) is -4.28. The smallest absolute Gasteiger partial charge is 0.411 e. The molecule has 5 heterocycles. The van der Waals surface area contributed by atoms with E-state index in [4.69, 9.17) is 35.2 Å². The van der Waals surface area contributed by atoms with E-state index < -0.39 is 83.1 Å². The third-order valence-corrected chi connectivity index (χ3v) is 12.4. The number of alkyl halides is 1. The lowest BCUT2D eigenvalue weighted by Gasteiger charge is -2.47. The minimum Gasteiger partial charge on any atom is -0.455 e. The van der Waals surface area contributed by atoms with Gasteiger partial charge in [0.15, 0.2) is 17.7 Å². The summed E-state index contributed by atoms with van der Waals surface area (Å²) < 4.78 is 48.7. The molecule has 61 heavy (non-hydrogen) atoms. The molecule has 1 amide bonds. The van der Waals surface area contributed by atoms with Crippen LogP contribution in [-0.4, -0.2) is 151 Å². The number of rotatable bonds is 8. The van der Waals surface area contributed by atoms with Gasteiger partial charge in [0.2, 0.25) is 5.95 Å². The van der Waals surface area contributed by atoms with Gasteiger partial charge in [-0.2, -0.15) is 4.98 Å².